The first-order chi connectivity index (χ1) is 10.1. The molecule has 0 aliphatic rings. The molecule has 0 aliphatic carbocycles. The van der Waals surface area contributed by atoms with Gasteiger partial charge < -0.3 is 14.8 Å². The Labute approximate surface area is 123 Å². The largest absolute Gasteiger partial charge is 0.497 e. The van der Waals surface area contributed by atoms with Crippen LogP contribution in [0.15, 0.2) is 30.5 Å². The third-order valence-electron chi connectivity index (χ3n) is 3.42. The second kappa shape index (κ2) is 6.30. The number of nitrogens with one attached hydrogen (secondary N) is 1. The summed E-state index contributed by atoms with van der Waals surface area (Å²) in [5, 5.41) is 7.34. The SMILES string of the molecule is COC(=O)C(Nc1ccc(OC)cc1)c1cnn(C)c1C. The molecule has 1 atom stereocenters. The van der Waals surface area contributed by atoms with Crippen molar-refractivity contribution in [1.82, 2.24) is 9.78 Å². The highest BCUT2D eigenvalue weighted by Crippen LogP contribution is 2.24. The predicted molar refractivity (Wildman–Crippen MR) is 79.3 cm³/mol. The van der Waals surface area contributed by atoms with Gasteiger partial charge >= 0.3 is 5.97 Å². The van der Waals surface area contributed by atoms with Crippen molar-refractivity contribution in [1.29, 1.82) is 0 Å². The van der Waals surface area contributed by atoms with E-state index in [4.69, 9.17) is 9.47 Å². The first kappa shape index (κ1) is 14.9. The summed E-state index contributed by atoms with van der Waals surface area (Å²) in [4.78, 5) is 12.1. The second-order valence-electron chi connectivity index (χ2n) is 4.64. The number of ether oxygens (including phenoxy) is 2. The van der Waals surface area contributed by atoms with Crippen molar-refractivity contribution in [3.05, 3.63) is 41.7 Å². The van der Waals surface area contributed by atoms with Crippen molar-refractivity contribution in [3.8, 4) is 5.75 Å². The first-order valence-corrected chi connectivity index (χ1v) is 6.53. The average Bonchev–Trinajstić information content (AvgIpc) is 2.84. The van der Waals surface area contributed by atoms with Gasteiger partial charge in [0, 0.05) is 24.0 Å². The molecule has 6 heteroatoms. The average molecular weight is 289 g/mol. The minimum Gasteiger partial charge on any atom is -0.497 e. The molecule has 112 valence electrons. The van der Waals surface area contributed by atoms with E-state index in [9.17, 15) is 4.79 Å². The number of aryl methyl sites for hydroxylation is 1. The zero-order chi connectivity index (χ0) is 15.4. The number of hydrogen-bond acceptors (Lipinski definition) is 5. The fourth-order valence-electron chi connectivity index (χ4n) is 2.03. The lowest BCUT2D eigenvalue weighted by atomic mass is 10.1. The van der Waals surface area contributed by atoms with Crippen molar-refractivity contribution in [3.63, 3.8) is 0 Å². The molecule has 1 N–H and O–H groups in total. The van der Waals surface area contributed by atoms with Crippen LogP contribution < -0.4 is 10.1 Å². The van der Waals surface area contributed by atoms with Crippen LogP contribution in [0.2, 0.25) is 0 Å². The molecule has 0 saturated carbocycles. The van der Waals surface area contributed by atoms with Crippen molar-refractivity contribution in [2.75, 3.05) is 19.5 Å². The maximum atomic E-state index is 12.1. The number of benzene rings is 1. The van der Waals surface area contributed by atoms with Crippen molar-refractivity contribution in [2.45, 2.75) is 13.0 Å². The van der Waals surface area contributed by atoms with E-state index in [-0.39, 0.29) is 5.97 Å². The molecule has 0 fully saturated rings. The monoisotopic (exact) mass is 289 g/mol. The number of carbonyl (C=O) groups is 1. The number of esters is 1. The van der Waals surface area contributed by atoms with E-state index in [1.54, 1.807) is 18.0 Å². The van der Waals surface area contributed by atoms with Gasteiger partial charge in [-0.2, -0.15) is 5.10 Å². The number of hydrogen-bond donors (Lipinski definition) is 1. The summed E-state index contributed by atoms with van der Waals surface area (Å²) in [5.74, 6) is 0.398. The van der Waals surface area contributed by atoms with E-state index in [0.29, 0.717) is 0 Å². The van der Waals surface area contributed by atoms with Crippen molar-refractivity contribution >= 4 is 11.7 Å². The van der Waals surface area contributed by atoms with Gasteiger partial charge in [0.15, 0.2) is 6.04 Å². The Kier molecular flexibility index (Phi) is 4.47. The van der Waals surface area contributed by atoms with Crippen molar-refractivity contribution < 1.29 is 14.3 Å². The van der Waals surface area contributed by atoms with Crippen LogP contribution in [-0.2, 0) is 16.6 Å². The van der Waals surface area contributed by atoms with Crippen LogP contribution in [0.3, 0.4) is 0 Å². The van der Waals surface area contributed by atoms with Gasteiger partial charge in [-0.05, 0) is 31.2 Å². The number of nitrogens with zero attached hydrogens (tertiary/aromatic N) is 2. The van der Waals surface area contributed by atoms with Gasteiger partial charge in [0.1, 0.15) is 5.75 Å². The standard InChI is InChI=1S/C15H19N3O3/c1-10-13(9-16-18(10)2)14(15(19)21-4)17-11-5-7-12(20-3)8-6-11/h5-9,14,17H,1-4H3. The lowest BCUT2D eigenvalue weighted by molar-refractivity contribution is -0.141. The molecule has 0 spiro atoms. The van der Waals surface area contributed by atoms with Gasteiger partial charge in [-0.3, -0.25) is 4.68 Å². The molecular weight excluding hydrogens is 270 g/mol. The highest BCUT2D eigenvalue weighted by Gasteiger charge is 2.25. The highest BCUT2D eigenvalue weighted by atomic mass is 16.5. The van der Waals surface area contributed by atoms with Gasteiger partial charge in [-0.25, -0.2) is 4.79 Å². The van der Waals surface area contributed by atoms with Gasteiger partial charge in [0.25, 0.3) is 0 Å². The van der Waals surface area contributed by atoms with Crippen LogP contribution in [-0.4, -0.2) is 30.0 Å². The van der Waals surface area contributed by atoms with Crippen LogP contribution in [0.25, 0.3) is 0 Å². The van der Waals surface area contributed by atoms with Crippen LogP contribution in [0.5, 0.6) is 5.75 Å². The maximum absolute atomic E-state index is 12.1. The third kappa shape index (κ3) is 3.16. The Balaban J connectivity index is 2.28. The fourth-order valence-corrected chi connectivity index (χ4v) is 2.03. The molecule has 0 amide bonds. The molecule has 1 aromatic carbocycles. The topological polar surface area (TPSA) is 65.4 Å². The molecule has 1 unspecified atom stereocenters. The third-order valence-corrected chi connectivity index (χ3v) is 3.42. The summed E-state index contributed by atoms with van der Waals surface area (Å²) in [6.45, 7) is 1.91. The van der Waals surface area contributed by atoms with E-state index in [1.807, 2.05) is 38.2 Å². The van der Waals surface area contributed by atoms with Gasteiger partial charge in [0.05, 0.1) is 20.4 Å². The summed E-state index contributed by atoms with van der Waals surface area (Å²) in [6, 6.07) is 6.75. The Morgan fingerprint density at radius 3 is 2.43 bits per heavy atom. The van der Waals surface area contributed by atoms with E-state index in [0.717, 1.165) is 22.7 Å². The second-order valence-corrected chi connectivity index (χ2v) is 4.64. The summed E-state index contributed by atoms with van der Waals surface area (Å²) in [5.41, 5.74) is 2.50. The summed E-state index contributed by atoms with van der Waals surface area (Å²) in [6.07, 6.45) is 1.67. The summed E-state index contributed by atoms with van der Waals surface area (Å²) < 4.78 is 11.7. The molecule has 1 heterocycles. The summed E-state index contributed by atoms with van der Waals surface area (Å²) in [7, 11) is 4.82. The Bertz CT molecular complexity index is 620. The molecule has 21 heavy (non-hydrogen) atoms. The minimum absolute atomic E-state index is 0.359. The smallest absolute Gasteiger partial charge is 0.333 e. The van der Waals surface area contributed by atoms with Crippen LogP contribution in [0.4, 0.5) is 5.69 Å². The molecule has 0 radical (unpaired) electrons. The summed E-state index contributed by atoms with van der Waals surface area (Å²) >= 11 is 0. The quantitative estimate of drug-likeness (QED) is 0.854. The Morgan fingerprint density at radius 1 is 1.29 bits per heavy atom. The lowest BCUT2D eigenvalue weighted by Gasteiger charge is -2.17. The molecule has 0 bridgehead atoms. The van der Waals surface area contributed by atoms with Crippen LogP contribution >= 0.6 is 0 Å². The maximum Gasteiger partial charge on any atom is 0.333 e. The molecule has 1 aromatic heterocycles. The first-order valence-electron chi connectivity index (χ1n) is 6.53. The zero-order valence-electron chi connectivity index (χ0n) is 12.6. The number of methoxy groups -OCH3 is 2. The number of anilines is 1. The van der Waals surface area contributed by atoms with E-state index < -0.39 is 6.04 Å². The molecule has 0 aliphatic heterocycles. The lowest BCUT2D eigenvalue weighted by Crippen LogP contribution is -2.22. The van der Waals surface area contributed by atoms with Crippen LogP contribution in [0, 0.1) is 6.92 Å². The van der Waals surface area contributed by atoms with Crippen LogP contribution in [0.1, 0.15) is 17.3 Å². The number of aromatic nitrogens is 2. The molecule has 0 saturated heterocycles. The van der Waals surface area contributed by atoms with E-state index in [2.05, 4.69) is 10.4 Å². The molecule has 6 nitrogen and oxygen atoms in total. The number of rotatable bonds is 5. The number of carbonyl (C=O) groups excluding carboxylic acids is 1. The Hall–Kier alpha value is -2.50. The molecule has 2 aromatic rings. The molecule has 2 rings (SSSR count). The Morgan fingerprint density at radius 2 is 1.95 bits per heavy atom. The minimum atomic E-state index is -0.600. The van der Waals surface area contributed by atoms with E-state index in [1.165, 1.54) is 7.11 Å². The van der Waals surface area contributed by atoms with Gasteiger partial charge in [-0.15, -0.1) is 0 Å². The zero-order valence-corrected chi connectivity index (χ0v) is 12.6. The molecular formula is C15H19N3O3. The van der Waals surface area contributed by atoms with Gasteiger partial charge in [-0.1, -0.05) is 0 Å². The van der Waals surface area contributed by atoms with Crippen molar-refractivity contribution in [2.24, 2.45) is 7.05 Å². The van der Waals surface area contributed by atoms with Gasteiger partial charge in [0.2, 0.25) is 0 Å². The predicted octanol–water partition coefficient (Wildman–Crippen LogP) is 2.06. The highest BCUT2D eigenvalue weighted by molar-refractivity contribution is 5.81. The van der Waals surface area contributed by atoms with E-state index >= 15 is 0 Å². The fraction of sp³-hybridized carbons (Fsp3) is 0.333. The normalized spacial score (nSPS) is 11.8.